The molecule has 0 spiro atoms. The highest BCUT2D eigenvalue weighted by atomic mass is 32.1. The summed E-state index contributed by atoms with van der Waals surface area (Å²) in [6.45, 7) is 0.977. The van der Waals surface area contributed by atoms with E-state index in [9.17, 15) is 23.2 Å². The molecule has 11 nitrogen and oxygen atoms in total. The SMILES string of the molecule is CN=C(N)c1csc(CNC(=O)C2CC(COC)CN2C(=O)CNC(=O)c2ccc3c(c2)-c2ccccc2C3(F)F)c1.COC=O. The van der Waals surface area contributed by atoms with Crippen molar-refractivity contribution in [3.05, 3.63) is 81.0 Å². The first-order chi connectivity index (χ1) is 22.0. The largest absolute Gasteiger partial charge is 0.471 e. The number of fused-ring (bicyclic) bond motifs is 3. The van der Waals surface area contributed by atoms with Crippen molar-refractivity contribution >= 4 is 41.4 Å². The topological polar surface area (TPSA) is 152 Å². The standard InChI is InChI=1S/C30H31F2N5O4S.C2H4O2/c1-34-27(33)19-10-20(42-16-19)12-35-29(40)25-9-17(15-41-2)14-37(25)26(38)13-36-28(39)18-7-8-24-22(11-18)21-5-3-4-6-23(21)30(24,31)32;1-4-2-3/h3-8,10-11,16-17,25H,9,12-15H2,1-2H3,(H2,33,34)(H,35,40)(H,36,39);2H,1H3. The maximum atomic E-state index is 14.9. The molecule has 3 amide bonds. The van der Waals surface area contributed by atoms with Crippen LogP contribution in [0.3, 0.4) is 0 Å². The molecular weight excluding hydrogens is 620 g/mol. The van der Waals surface area contributed by atoms with Crippen LogP contribution in [0.15, 0.2) is 58.9 Å². The highest BCUT2D eigenvalue weighted by Gasteiger charge is 2.44. The van der Waals surface area contributed by atoms with Gasteiger partial charge in [0.25, 0.3) is 18.3 Å². The summed E-state index contributed by atoms with van der Waals surface area (Å²) in [6.07, 6.45) is 0.420. The Kier molecular flexibility index (Phi) is 11.2. The van der Waals surface area contributed by atoms with Crippen LogP contribution in [-0.4, -0.2) is 81.9 Å². The summed E-state index contributed by atoms with van der Waals surface area (Å²) in [5.41, 5.74) is 7.19. The van der Waals surface area contributed by atoms with E-state index in [2.05, 4.69) is 20.4 Å². The fraction of sp³-hybridized carbons (Fsp3) is 0.344. The summed E-state index contributed by atoms with van der Waals surface area (Å²) in [7, 11) is 4.47. The molecule has 0 radical (unpaired) electrons. The Hall–Kier alpha value is -4.69. The van der Waals surface area contributed by atoms with Gasteiger partial charge in [-0.3, -0.25) is 24.2 Å². The van der Waals surface area contributed by atoms with Crippen molar-refractivity contribution in [2.45, 2.75) is 24.9 Å². The van der Waals surface area contributed by atoms with Crippen molar-refractivity contribution < 1.29 is 37.4 Å². The summed E-state index contributed by atoms with van der Waals surface area (Å²) in [4.78, 5) is 54.6. The third-order valence-electron chi connectivity index (χ3n) is 7.71. The number of thiophene rings is 1. The van der Waals surface area contributed by atoms with Gasteiger partial charge in [0.15, 0.2) is 0 Å². The van der Waals surface area contributed by atoms with Crippen LogP contribution in [0.4, 0.5) is 8.78 Å². The third kappa shape index (κ3) is 7.40. The van der Waals surface area contributed by atoms with Crippen LogP contribution in [0.25, 0.3) is 11.1 Å². The first-order valence-electron chi connectivity index (χ1n) is 14.3. The Morgan fingerprint density at radius 1 is 1.09 bits per heavy atom. The van der Waals surface area contributed by atoms with Gasteiger partial charge in [-0.05, 0) is 35.7 Å². The van der Waals surface area contributed by atoms with Gasteiger partial charge in [-0.1, -0.05) is 30.3 Å². The molecule has 4 N–H and O–H groups in total. The second-order valence-electron chi connectivity index (χ2n) is 10.6. The molecule has 1 aromatic heterocycles. The van der Waals surface area contributed by atoms with Crippen molar-refractivity contribution in [3.63, 3.8) is 0 Å². The number of hydrogen-bond donors (Lipinski definition) is 3. The van der Waals surface area contributed by atoms with E-state index in [0.29, 0.717) is 37.4 Å². The summed E-state index contributed by atoms with van der Waals surface area (Å²) < 4.78 is 38.9. The number of nitrogens with zero attached hydrogens (tertiary/aromatic N) is 2. The third-order valence-corrected chi connectivity index (χ3v) is 8.65. The molecule has 1 saturated heterocycles. The number of rotatable bonds is 10. The van der Waals surface area contributed by atoms with Crippen LogP contribution in [-0.2, 0) is 36.3 Å². The summed E-state index contributed by atoms with van der Waals surface area (Å²) in [6, 6.07) is 11.3. The molecule has 2 heterocycles. The number of halogens is 2. The highest BCUT2D eigenvalue weighted by Crippen LogP contribution is 2.50. The van der Waals surface area contributed by atoms with Gasteiger partial charge in [0, 0.05) is 59.1 Å². The van der Waals surface area contributed by atoms with Crippen molar-refractivity contribution in [1.29, 1.82) is 0 Å². The van der Waals surface area contributed by atoms with E-state index in [0.717, 1.165) is 10.4 Å². The fourth-order valence-electron chi connectivity index (χ4n) is 5.51. The number of methoxy groups -OCH3 is 2. The Balaban J connectivity index is 0.00000113. The summed E-state index contributed by atoms with van der Waals surface area (Å²) in [5, 5.41) is 7.35. The molecule has 2 aliphatic rings. The van der Waals surface area contributed by atoms with Crippen LogP contribution < -0.4 is 16.4 Å². The average Bonchev–Trinajstić information content (AvgIpc) is 3.78. The van der Waals surface area contributed by atoms with E-state index in [4.69, 9.17) is 15.3 Å². The minimum Gasteiger partial charge on any atom is -0.471 e. The van der Waals surface area contributed by atoms with Gasteiger partial charge >= 0.3 is 0 Å². The van der Waals surface area contributed by atoms with E-state index in [1.165, 1.54) is 47.6 Å². The van der Waals surface area contributed by atoms with E-state index >= 15 is 0 Å². The molecule has 46 heavy (non-hydrogen) atoms. The minimum atomic E-state index is -3.15. The molecule has 3 aromatic rings. The maximum Gasteiger partial charge on any atom is 0.299 e. The Labute approximate surface area is 268 Å². The maximum absolute atomic E-state index is 14.9. The second-order valence-corrected chi connectivity index (χ2v) is 11.6. The van der Waals surface area contributed by atoms with E-state index in [1.54, 1.807) is 32.4 Å². The number of amides is 3. The van der Waals surface area contributed by atoms with Crippen LogP contribution in [0.2, 0.25) is 0 Å². The first-order valence-corrected chi connectivity index (χ1v) is 15.2. The smallest absolute Gasteiger partial charge is 0.299 e. The Morgan fingerprint density at radius 3 is 2.50 bits per heavy atom. The minimum absolute atomic E-state index is 0.0437. The molecule has 1 fully saturated rings. The lowest BCUT2D eigenvalue weighted by atomic mass is 10.0. The molecule has 0 saturated carbocycles. The number of amidine groups is 1. The summed E-state index contributed by atoms with van der Waals surface area (Å²) in [5.74, 6) is -4.09. The Morgan fingerprint density at radius 2 is 1.80 bits per heavy atom. The van der Waals surface area contributed by atoms with Crippen LogP contribution in [0, 0.1) is 5.92 Å². The number of ether oxygens (including phenoxy) is 2. The van der Waals surface area contributed by atoms with Gasteiger partial charge in [0.05, 0.1) is 26.8 Å². The van der Waals surface area contributed by atoms with E-state index < -0.39 is 23.8 Å². The molecule has 1 aliphatic heterocycles. The molecule has 0 bridgehead atoms. The zero-order valence-corrected chi connectivity index (χ0v) is 26.4. The van der Waals surface area contributed by atoms with Gasteiger partial charge in [-0.2, -0.15) is 8.78 Å². The number of hydrogen-bond acceptors (Lipinski definition) is 8. The number of carbonyl (C=O) groups excluding carboxylic acids is 4. The van der Waals surface area contributed by atoms with Crippen molar-refractivity contribution in [2.24, 2.45) is 16.6 Å². The van der Waals surface area contributed by atoms with Crippen molar-refractivity contribution in [2.75, 3.05) is 41.0 Å². The number of alkyl halides is 2. The van der Waals surface area contributed by atoms with Crippen LogP contribution in [0.1, 0.15) is 38.3 Å². The monoisotopic (exact) mass is 655 g/mol. The number of benzene rings is 2. The van der Waals surface area contributed by atoms with Gasteiger partial charge in [0.1, 0.15) is 11.9 Å². The number of nitrogens with two attached hydrogens (primary N) is 1. The first kappa shape index (κ1) is 34.2. The predicted octanol–water partition coefficient (Wildman–Crippen LogP) is 2.90. The molecule has 14 heteroatoms. The highest BCUT2D eigenvalue weighted by molar-refractivity contribution is 7.10. The quantitative estimate of drug-likeness (QED) is 0.173. The molecule has 1 aliphatic carbocycles. The normalized spacial score (nSPS) is 17.7. The van der Waals surface area contributed by atoms with Gasteiger partial charge < -0.3 is 30.7 Å². The molecule has 2 aromatic carbocycles. The molecular formula is C32H35F2N5O6S. The number of aliphatic imine (C=N–C) groups is 1. The predicted molar refractivity (Wildman–Crippen MR) is 169 cm³/mol. The lowest BCUT2D eigenvalue weighted by Gasteiger charge is -2.24. The van der Waals surface area contributed by atoms with E-state index in [1.807, 2.05) is 11.4 Å². The van der Waals surface area contributed by atoms with Crippen LogP contribution in [0.5, 0.6) is 0 Å². The van der Waals surface area contributed by atoms with Gasteiger partial charge in [0.2, 0.25) is 11.8 Å². The van der Waals surface area contributed by atoms with Gasteiger partial charge in [-0.15, -0.1) is 11.3 Å². The second kappa shape index (κ2) is 15.1. The lowest BCUT2D eigenvalue weighted by Crippen LogP contribution is -2.48. The number of carbonyl (C=O) groups is 4. The van der Waals surface area contributed by atoms with Crippen LogP contribution >= 0.6 is 11.3 Å². The average molecular weight is 656 g/mol. The van der Waals surface area contributed by atoms with Crippen molar-refractivity contribution in [3.8, 4) is 11.1 Å². The lowest BCUT2D eigenvalue weighted by molar-refractivity contribution is -0.137. The number of nitrogens with one attached hydrogen (secondary N) is 2. The van der Waals surface area contributed by atoms with Gasteiger partial charge in [-0.25, -0.2) is 0 Å². The van der Waals surface area contributed by atoms with Crippen molar-refractivity contribution in [1.82, 2.24) is 15.5 Å². The molecule has 5 rings (SSSR count). The zero-order chi connectivity index (χ0) is 33.4. The summed E-state index contributed by atoms with van der Waals surface area (Å²) >= 11 is 1.44. The fourth-order valence-corrected chi connectivity index (χ4v) is 6.33. The molecule has 244 valence electrons. The molecule has 2 unspecified atom stereocenters. The number of likely N-dealkylation sites (tertiary alicyclic amines) is 1. The Bertz CT molecular complexity index is 1630. The van der Waals surface area contributed by atoms with E-state index in [-0.39, 0.29) is 47.2 Å². The molecule has 2 atom stereocenters. The zero-order valence-electron chi connectivity index (χ0n) is 25.5.